The molecule has 1 heterocycles. The number of aliphatic hydroxyl groups excluding tert-OH is 1. The predicted molar refractivity (Wildman–Crippen MR) is 73.6 cm³/mol. The van der Waals surface area contributed by atoms with Crippen LogP contribution in [0.3, 0.4) is 0 Å². The fourth-order valence-electron chi connectivity index (χ4n) is 2.46. The van der Waals surface area contributed by atoms with Crippen molar-refractivity contribution in [3.05, 3.63) is 0 Å². The molecule has 19 heavy (non-hydrogen) atoms. The van der Waals surface area contributed by atoms with Crippen molar-refractivity contribution in [1.29, 1.82) is 0 Å². The Kier molecular flexibility index (Phi) is 6.84. The van der Waals surface area contributed by atoms with Crippen molar-refractivity contribution in [2.75, 3.05) is 32.8 Å². The van der Waals surface area contributed by atoms with E-state index in [-0.39, 0.29) is 24.3 Å². The van der Waals surface area contributed by atoms with E-state index in [1.807, 2.05) is 18.7 Å². The fourth-order valence-corrected chi connectivity index (χ4v) is 2.46. The van der Waals surface area contributed by atoms with Gasteiger partial charge in [0.2, 0.25) is 11.8 Å². The van der Waals surface area contributed by atoms with Crippen LogP contribution in [0.15, 0.2) is 0 Å². The molecule has 0 aliphatic carbocycles. The highest BCUT2D eigenvalue weighted by Gasteiger charge is 2.26. The van der Waals surface area contributed by atoms with Crippen LogP contribution in [0.1, 0.15) is 39.5 Å². The number of hydrogen-bond acceptors (Lipinski definition) is 3. The first-order valence-corrected chi connectivity index (χ1v) is 7.31. The summed E-state index contributed by atoms with van der Waals surface area (Å²) in [6.45, 7) is 6.66. The van der Waals surface area contributed by atoms with Crippen molar-refractivity contribution in [2.24, 2.45) is 5.92 Å². The highest BCUT2D eigenvalue weighted by atomic mass is 16.3. The first kappa shape index (κ1) is 16.0. The monoisotopic (exact) mass is 270 g/mol. The molecular weight excluding hydrogens is 244 g/mol. The molecule has 0 unspecified atom stereocenters. The van der Waals surface area contributed by atoms with Crippen LogP contribution in [0.2, 0.25) is 0 Å². The number of aliphatic hydroxyl groups is 1. The summed E-state index contributed by atoms with van der Waals surface area (Å²) < 4.78 is 0. The number of carbonyl (C=O) groups excluding carboxylic acids is 2. The first-order chi connectivity index (χ1) is 9.13. The smallest absolute Gasteiger partial charge is 0.225 e. The zero-order chi connectivity index (χ0) is 14.3. The maximum atomic E-state index is 12.2. The lowest BCUT2D eigenvalue weighted by molar-refractivity contribution is -0.142. The molecule has 1 N–H and O–H groups in total. The summed E-state index contributed by atoms with van der Waals surface area (Å²) in [4.78, 5) is 27.7. The summed E-state index contributed by atoms with van der Waals surface area (Å²) in [5, 5.41) is 8.72. The zero-order valence-corrected chi connectivity index (χ0v) is 12.1. The van der Waals surface area contributed by atoms with Gasteiger partial charge in [0.05, 0.1) is 0 Å². The van der Waals surface area contributed by atoms with E-state index in [1.165, 1.54) is 0 Å². The van der Waals surface area contributed by atoms with Gasteiger partial charge in [-0.25, -0.2) is 0 Å². The highest BCUT2D eigenvalue weighted by Crippen LogP contribution is 2.14. The standard InChI is InChI=1S/C14H26N2O3/c1-3-12(4-2)14(19)16-9-7-15(8-10-16)13(18)6-5-11-17/h12,17H,3-11H2,1-2H3. The summed E-state index contributed by atoms with van der Waals surface area (Å²) in [5.74, 6) is 0.438. The first-order valence-electron chi connectivity index (χ1n) is 7.31. The van der Waals surface area contributed by atoms with Gasteiger partial charge in [-0.05, 0) is 19.3 Å². The van der Waals surface area contributed by atoms with E-state index in [2.05, 4.69) is 0 Å². The lowest BCUT2D eigenvalue weighted by Gasteiger charge is -2.36. The van der Waals surface area contributed by atoms with Crippen LogP contribution in [0, 0.1) is 5.92 Å². The Morgan fingerprint density at radius 2 is 1.58 bits per heavy atom. The molecule has 1 fully saturated rings. The van der Waals surface area contributed by atoms with Gasteiger partial charge in [0.25, 0.3) is 0 Å². The lowest BCUT2D eigenvalue weighted by Crippen LogP contribution is -2.51. The van der Waals surface area contributed by atoms with Gasteiger partial charge in [0.15, 0.2) is 0 Å². The molecule has 1 aliphatic rings. The van der Waals surface area contributed by atoms with Gasteiger partial charge in [-0.2, -0.15) is 0 Å². The van der Waals surface area contributed by atoms with Gasteiger partial charge < -0.3 is 14.9 Å². The van der Waals surface area contributed by atoms with E-state index in [9.17, 15) is 9.59 Å². The minimum Gasteiger partial charge on any atom is -0.396 e. The number of amides is 2. The summed E-state index contributed by atoms with van der Waals surface area (Å²) in [6, 6.07) is 0. The van der Waals surface area contributed by atoms with E-state index >= 15 is 0 Å². The molecule has 0 bridgehead atoms. The van der Waals surface area contributed by atoms with E-state index < -0.39 is 0 Å². The molecular formula is C14H26N2O3. The zero-order valence-electron chi connectivity index (χ0n) is 12.1. The van der Waals surface area contributed by atoms with Crippen LogP contribution < -0.4 is 0 Å². The average molecular weight is 270 g/mol. The number of rotatable bonds is 6. The summed E-state index contributed by atoms with van der Waals surface area (Å²) in [7, 11) is 0. The Hall–Kier alpha value is -1.10. The molecule has 0 aromatic carbocycles. The fraction of sp³-hybridized carbons (Fsp3) is 0.857. The van der Waals surface area contributed by atoms with Crippen molar-refractivity contribution >= 4 is 11.8 Å². The van der Waals surface area contributed by atoms with E-state index in [4.69, 9.17) is 5.11 Å². The molecule has 5 nitrogen and oxygen atoms in total. The third-order valence-corrected chi connectivity index (χ3v) is 3.83. The molecule has 110 valence electrons. The quantitative estimate of drug-likeness (QED) is 0.779. The largest absolute Gasteiger partial charge is 0.396 e. The van der Waals surface area contributed by atoms with E-state index in [0.29, 0.717) is 39.0 Å². The predicted octanol–water partition coefficient (Wildman–Crippen LogP) is 0.866. The Labute approximate surface area is 115 Å². The number of nitrogens with zero attached hydrogens (tertiary/aromatic N) is 2. The van der Waals surface area contributed by atoms with Gasteiger partial charge in [-0.1, -0.05) is 13.8 Å². The van der Waals surface area contributed by atoms with E-state index in [1.54, 1.807) is 4.90 Å². The van der Waals surface area contributed by atoms with Gasteiger partial charge in [0.1, 0.15) is 0 Å². The van der Waals surface area contributed by atoms with Crippen LogP contribution in [0.5, 0.6) is 0 Å². The Morgan fingerprint density at radius 3 is 2.05 bits per heavy atom. The van der Waals surface area contributed by atoms with Crippen molar-refractivity contribution in [3.63, 3.8) is 0 Å². The maximum absolute atomic E-state index is 12.2. The average Bonchev–Trinajstić information content (AvgIpc) is 2.46. The van der Waals surface area contributed by atoms with Crippen molar-refractivity contribution < 1.29 is 14.7 Å². The molecule has 0 spiro atoms. The van der Waals surface area contributed by atoms with Gasteiger partial charge in [-0.15, -0.1) is 0 Å². The van der Waals surface area contributed by atoms with Crippen LogP contribution in [-0.4, -0.2) is 59.5 Å². The molecule has 2 amide bonds. The SMILES string of the molecule is CCC(CC)C(=O)N1CCN(C(=O)CCCO)CC1. The molecule has 0 radical (unpaired) electrons. The lowest BCUT2D eigenvalue weighted by atomic mass is 10.0. The van der Waals surface area contributed by atoms with Crippen LogP contribution in [0.25, 0.3) is 0 Å². The molecule has 0 aromatic heterocycles. The Morgan fingerprint density at radius 1 is 1.05 bits per heavy atom. The maximum Gasteiger partial charge on any atom is 0.225 e. The molecule has 0 atom stereocenters. The summed E-state index contributed by atoms with van der Waals surface area (Å²) >= 11 is 0. The minimum absolute atomic E-state index is 0.0544. The Bertz CT molecular complexity index is 295. The van der Waals surface area contributed by atoms with Crippen molar-refractivity contribution in [1.82, 2.24) is 9.80 Å². The van der Waals surface area contributed by atoms with E-state index in [0.717, 1.165) is 12.8 Å². The number of piperazine rings is 1. The summed E-state index contributed by atoms with van der Waals surface area (Å²) in [5.41, 5.74) is 0. The third-order valence-electron chi connectivity index (χ3n) is 3.83. The minimum atomic E-state index is 0.0544. The normalized spacial score (nSPS) is 16.0. The third kappa shape index (κ3) is 4.49. The molecule has 0 saturated carbocycles. The van der Waals surface area contributed by atoms with Crippen molar-refractivity contribution in [2.45, 2.75) is 39.5 Å². The van der Waals surface area contributed by atoms with Gasteiger partial charge in [-0.3, -0.25) is 9.59 Å². The van der Waals surface area contributed by atoms with Gasteiger partial charge in [0, 0.05) is 45.1 Å². The Balaban J connectivity index is 2.40. The molecule has 1 saturated heterocycles. The number of hydrogen-bond donors (Lipinski definition) is 1. The molecule has 1 rings (SSSR count). The molecule has 1 aliphatic heterocycles. The topological polar surface area (TPSA) is 60.9 Å². The second-order valence-corrected chi connectivity index (χ2v) is 5.05. The van der Waals surface area contributed by atoms with Crippen LogP contribution in [0.4, 0.5) is 0 Å². The van der Waals surface area contributed by atoms with Crippen LogP contribution in [-0.2, 0) is 9.59 Å². The summed E-state index contributed by atoms with van der Waals surface area (Å²) in [6.07, 6.45) is 2.68. The molecule has 5 heteroatoms. The second kappa shape index (κ2) is 8.15. The number of carbonyl (C=O) groups is 2. The second-order valence-electron chi connectivity index (χ2n) is 5.05. The molecule has 0 aromatic rings. The van der Waals surface area contributed by atoms with Gasteiger partial charge >= 0.3 is 0 Å². The van der Waals surface area contributed by atoms with Crippen LogP contribution >= 0.6 is 0 Å². The highest BCUT2D eigenvalue weighted by molar-refractivity contribution is 5.80. The van der Waals surface area contributed by atoms with Crippen molar-refractivity contribution in [3.8, 4) is 0 Å².